The van der Waals surface area contributed by atoms with Crippen molar-refractivity contribution in [3.63, 3.8) is 0 Å². The van der Waals surface area contributed by atoms with Crippen molar-refractivity contribution in [2.45, 2.75) is 52.1 Å². The van der Waals surface area contributed by atoms with Gasteiger partial charge in [-0.05, 0) is 42.8 Å². The molecule has 0 heterocycles. The van der Waals surface area contributed by atoms with E-state index in [0.717, 1.165) is 31.7 Å². The zero-order chi connectivity index (χ0) is 22.5. The maximum Gasteiger partial charge on any atom is 0.347 e. The molecule has 0 saturated heterocycles. The van der Waals surface area contributed by atoms with E-state index in [1.165, 1.54) is 12.8 Å². The molecule has 2 aromatic carbocycles. The second-order valence-corrected chi connectivity index (χ2v) is 7.67. The summed E-state index contributed by atoms with van der Waals surface area (Å²) < 4.78 is 11.3. The first-order valence-corrected chi connectivity index (χ1v) is 11.5. The molecular weight excluding hydrogens is 426 g/mol. The van der Waals surface area contributed by atoms with Crippen LogP contribution in [0.4, 0.5) is 0 Å². The van der Waals surface area contributed by atoms with Gasteiger partial charge >= 0.3 is 5.97 Å². The van der Waals surface area contributed by atoms with Gasteiger partial charge in [0.05, 0.1) is 6.61 Å². The molecule has 6 heteroatoms. The smallest absolute Gasteiger partial charge is 0.347 e. The van der Waals surface area contributed by atoms with E-state index in [1.807, 2.05) is 6.07 Å². The fourth-order valence-electron chi connectivity index (χ4n) is 3.50. The first-order chi connectivity index (χ1) is 15.1. The van der Waals surface area contributed by atoms with Gasteiger partial charge in [-0.1, -0.05) is 82.5 Å². The van der Waals surface area contributed by atoms with Crippen molar-refractivity contribution in [2.75, 3.05) is 32.8 Å². The molecule has 0 amide bonds. The molecule has 0 aliphatic heterocycles. The number of benzene rings is 2. The van der Waals surface area contributed by atoms with Gasteiger partial charge in [0.2, 0.25) is 5.60 Å². The fraction of sp³-hybridized carbons (Fsp3) is 0.500. The lowest BCUT2D eigenvalue weighted by molar-refractivity contribution is -0.162. The summed E-state index contributed by atoms with van der Waals surface area (Å²) in [6, 6.07) is 16.0. The van der Waals surface area contributed by atoms with E-state index >= 15 is 0 Å². The molecule has 0 radical (unpaired) electrons. The summed E-state index contributed by atoms with van der Waals surface area (Å²) in [6.45, 7) is 9.62. The van der Waals surface area contributed by atoms with E-state index in [2.05, 4.69) is 25.7 Å². The van der Waals surface area contributed by atoms with Crippen LogP contribution in [0.2, 0.25) is 0 Å². The average molecular weight is 464 g/mol. The highest BCUT2D eigenvalue weighted by Crippen LogP contribution is 2.32. The Kier molecular flexibility index (Phi) is 13.0. The Morgan fingerprint density at radius 2 is 1.50 bits per heavy atom. The first-order valence-electron chi connectivity index (χ1n) is 11.5. The molecule has 0 bridgehead atoms. The van der Waals surface area contributed by atoms with Crippen LogP contribution in [0.25, 0.3) is 0 Å². The quantitative estimate of drug-likeness (QED) is 0.308. The second-order valence-electron chi connectivity index (χ2n) is 7.67. The number of hydrogen-bond donors (Lipinski definition) is 1. The van der Waals surface area contributed by atoms with Crippen LogP contribution in [0.1, 0.15) is 57.6 Å². The number of nitrogens with zero attached hydrogens (tertiary/aromatic N) is 1. The Morgan fingerprint density at radius 3 is 2.09 bits per heavy atom. The van der Waals surface area contributed by atoms with Crippen LogP contribution < -0.4 is 4.74 Å². The highest BCUT2D eigenvalue weighted by molar-refractivity contribution is 5.85. The Labute approximate surface area is 199 Å². The molecule has 1 unspecified atom stereocenters. The molecule has 0 fully saturated rings. The van der Waals surface area contributed by atoms with Crippen molar-refractivity contribution in [1.82, 2.24) is 4.90 Å². The second kappa shape index (κ2) is 14.9. The molecule has 0 aliphatic carbocycles. The Morgan fingerprint density at radius 1 is 0.875 bits per heavy atom. The van der Waals surface area contributed by atoms with Gasteiger partial charge in [-0.3, -0.25) is 0 Å². The summed E-state index contributed by atoms with van der Waals surface area (Å²) in [5, 5.41) is 11.5. The molecular formula is C26H38ClNO4. The van der Waals surface area contributed by atoms with Crippen LogP contribution in [-0.4, -0.2) is 48.8 Å². The molecule has 178 valence electrons. The number of esters is 1. The van der Waals surface area contributed by atoms with Gasteiger partial charge < -0.3 is 19.5 Å². The van der Waals surface area contributed by atoms with Crippen LogP contribution >= 0.6 is 12.4 Å². The summed E-state index contributed by atoms with van der Waals surface area (Å²) in [5.74, 6) is 0.0599. The summed E-state index contributed by atoms with van der Waals surface area (Å²) in [6.07, 6.45) is 4.57. The SMILES string of the molecule is CCCCCCOc1ccc(C(O)(C(=O)OCCN(CC)CC)c2ccccc2)cc1.Cl. The van der Waals surface area contributed by atoms with Gasteiger partial charge in [0.1, 0.15) is 12.4 Å². The maximum atomic E-state index is 13.1. The standard InChI is InChI=1S/C26H37NO4.ClH/c1-4-7-8-12-20-30-24-17-15-23(16-18-24)26(29,22-13-10-9-11-14-22)25(28)31-21-19-27(5-2)6-3;/h9-11,13-18,29H,4-8,12,19-21H2,1-3H3;1H. The third-order valence-corrected chi connectivity index (χ3v) is 5.56. The molecule has 32 heavy (non-hydrogen) atoms. The molecule has 1 atom stereocenters. The number of carbonyl (C=O) groups excluding carboxylic acids is 1. The van der Waals surface area contributed by atoms with E-state index in [4.69, 9.17) is 9.47 Å². The number of ether oxygens (including phenoxy) is 2. The van der Waals surface area contributed by atoms with E-state index < -0.39 is 11.6 Å². The number of aliphatic hydroxyl groups is 1. The Hall–Kier alpha value is -2.08. The van der Waals surface area contributed by atoms with Crippen molar-refractivity contribution in [3.8, 4) is 5.75 Å². The molecule has 1 N–H and O–H groups in total. The summed E-state index contributed by atoms with van der Waals surface area (Å²) in [4.78, 5) is 15.2. The van der Waals surface area contributed by atoms with Crippen molar-refractivity contribution < 1.29 is 19.4 Å². The van der Waals surface area contributed by atoms with Crippen LogP contribution in [0.5, 0.6) is 5.75 Å². The first kappa shape index (κ1) is 28.0. The fourth-order valence-corrected chi connectivity index (χ4v) is 3.50. The van der Waals surface area contributed by atoms with Crippen LogP contribution in [0.3, 0.4) is 0 Å². The van der Waals surface area contributed by atoms with Crippen molar-refractivity contribution in [3.05, 3.63) is 65.7 Å². The topological polar surface area (TPSA) is 59.0 Å². The van der Waals surface area contributed by atoms with Crippen LogP contribution in [0.15, 0.2) is 54.6 Å². The Balaban J connectivity index is 0.00000512. The van der Waals surface area contributed by atoms with E-state index in [1.54, 1.807) is 48.5 Å². The molecule has 2 aromatic rings. The minimum Gasteiger partial charge on any atom is -0.494 e. The van der Waals surface area contributed by atoms with Crippen LogP contribution in [-0.2, 0) is 15.1 Å². The molecule has 2 rings (SSSR count). The minimum atomic E-state index is -1.87. The predicted octanol–water partition coefficient (Wildman–Crippen LogP) is 5.19. The van der Waals surface area contributed by atoms with Gasteiger partial charge in [-0.25, -0.2) is 4.79 Å². The van der Waals surface area contributed by atoms with Crippen molar-refractivity contribution >= 4 is 18.4 Å². The molecule has 0 saturated carbocycles. The summed E-state index contributed by atoms with van der Waals surface area (Å²) in [5.41, 5.74) is -0.926. The molecule has 0 aliphatic rings. The third-order valence-electron chi connectivity index (χ3n) is 5.56. The number of rotatable bonds is 14. The molecule has 0 spiro atoms. The number of likely N-dealkylation sites (N-methyl/N-ethyl adjacent to an activating group) is 1. The van der Waals surface area contributed by atoms with Gasteiger partial charge in [0.15, 0.2) is 0 Å². The summed E-state index contributed by atoms with van der Waals surface area (Å²) in [7, 11) is 0. The van der Waals surface area contributed by atoms with Gasteiger partial charge in [-0.2, -0.15) is 0 Å². The maximum absolute atomic E-state index is 13.1. The lowest BCUT2D eigenvalue weighted by atomic mass is 9.86. The average Bonchev–Trinajstić information content (AvgIpc) is 2.82. The highest BCUT2D eigenvalue weighted by Gasteiger charge is 2.41. The van der Waals surface area contributed by atoms with Gasteiger partial charge in [0.25, 0.3) is 0 Å². The largest absolute Gasteiger partial charge is 0.494 e. The lowest BCUT2D eigenvalue weighted by Gasteiger charge is -2.28. The number of hydrogen-bond acceptors (Lipinski definition) is 5. The number of carbonyl (C=O) groups is 1. The Bertz CT molecular complexity index is 765. The molecule has 0 aromatic heterocycles. The van der Waals surface area contributed by atoms with Gasteiger partial charge in [0, 0.05) is 6.54 Å². The number of unbranched alkanes of at least 4 members (excludes halogenated alkanes) is 3. The monoisotopic (exact) mass is 463 g/mol. The zero-order valence-electron chi connectivity index (χ0n) is 19.6. The van der Waals surface area contributed by atoms with E-state index in [-0.39, 0.29) is 19.0 Å². The normalized spacial score (nSPS) is 12.7. The predicted molar refractivity (Wildman–Crippen MR) is 132 cm³/mol. The molecule has 5 nitrogen and oxygen atoms in total. The third kappa shape index (κ3) is 7.80. The minimum absolute atomic E-state index is 0. The van der Waals surface area contributed by atoms with E-state index in [0.29, 0.717) is 24.3 Å². The van der Waals surface area contributed by atoms with E-state index in [9.17, 15) is 9.90 Å². The highest BCUT2D eigenvalue weighted by atomic mass is 35.5. The lowest BCUT2D eigenvalue weighted by Crippen LogP contribution is -2.40. The summed E-state index contributed by atoms with van der Waals surface area (Å²) >= 11 is 0. The van der Waals surface area contributed by atoms with Crippen LogP contribution in [0, 0.1) is 0 Å². The zero-order valence-corrected chi connectivity index (χ0v) is 20.4. The van der Waals surface area contributed by atoms with Crippen molar-refractivity contribution in [1.29, 1.82) is 0 Å². The number of halogens is 1. The van der Waals surface area contributed by atoms with Crippen molar-refractivity contribution in [2.24, 2.45) is 0 Å². The van der Waals surface area contributed by atoms with Gasteiger partial charge in [-0.15, -0.1) is 12.4 Å².